The third kappa shape index (κ3) is 3.77. The minimum atomic E-state index is 0.297. The fraction of sp³-hybridized carbons (Fsp3) is 0.600. The average molecular weight is 265 g/mol. The van der Waals surface area contributed by atoms with Gasteiger partial charge in [0, 0.05) is 18.2 Å². The van der Waals surface area contributed by atoms with Gasteiger partial charge in [-0.3, -0.25) is 0 Å². The number of benzene rings is 1. The standard InChI is InChI=1S/C15H23NO3/c1-11(2)5-4-6-17-13-8-15-14(18-10-19-15)7-12(13)9-16-3/h7-8,11,16H,4-6,9-10H2,1-3H3. The number of hydrogen-bond acceptors (Lipinski definition) is 4. The second-order valence-corrected chi connectivity index (χ2v) is 5.23. The maximum atomic E-state index is 5.89. The highest BCUT2D eigenvalue weighted by molar-refractivity contribution is 5.51. The van der Waals surface area contributed by atoms with Crippen molar-refractivity contribution >= 4 is 0 Å². The molecule has 2 rings (SSSR count). The minimum absolute atomic E-state index is 0.297. The van der Waals surface area contributed by atoms with Crippen LogP contribution < -0.4 is 19.5 Å². The highest BCUT2D eigenvalue weighted by Crippen LogP contribution is 2.38. The third-order valence-corrected chi connectivity index (χ3v) is 3.11. The van der Waals surface area contributed by atoms with Gasteiger partial charge in [0.15, 0.2) is 11.5 Å². The number of nitrogens with one attached hydrogen (secondary N) is 1. The van der Waals surface area contributed by atoms with Crippen LogP contribution in [0.4, 0.5) is 0 Å². The first-order chi connectivity index (χ1) is 9.20. The minimum Gasteiger partial charge on any atom is -0.493 e. The van der Waals surface area contributed by atoms with Crippen LogP contribution in [0.3, 0.4) is 0 Å². The first-order valence-corrected chi connectivity index (χ1v) is 6.90. The van der Waals surface area contributed by atoms with Crippen LogP contribution in [0.5, 0.6) is 17.2 Å². The van der Waals surface area contributed by atoms with Crippen molar-refractivity contribution in [2.75, 3.05) is 20.4 Å². The summed E-state index contributed by atoms with van der Waals surface area (Å²) in [5.41, 5.74) is 1.11. The van der Waals surface area contributed by atoms with Gasteiger partial charge >= 0.3 is 0 Å². The molecule has 1 aliphatic heterocycles. The van der Waals surface area contributed by atoms with E-state index in [1.807, 2.05) is 19.2 Å². The first kappa shape index (κ1) is 14.0. The Morgan fingerprint density at radius 2 is 2.00 bits per heavy atom. The van der Waals surface area contributed by atoms with Gasteiger partial charge in [-0.15, -0.1) is 0 Å². The van der Waals surface area contributed by atoms with Crippen LogP contribution in [0.15, 0.2) is 12.1 Å². The quantitative estimate of drug-likeness (QED) is 0.769. The molecule has 0 aliphatic carbocycles. The van der Waals surface area contributed by atoms with Crippen molar-refractivity contribution in [2.45, 2.75) is 33.2 Å². The first-order valence-electron chi connectivity index (χ1n) is 6.90. The molecule has 0 bridgehead atoms. The van der Waals surface area contributed by atoms with Crippen LogP contribution >= 0.6 is 0 Å². The van der Waals surface area contributed by atoms with Crippen LogP contribution in [0.2, 0.25) is 0 Å². The summed E-state index contributed by atoms with van der Waals surface area (Å²) in [6.45, 7) is 6.26. The van der Waals surface area contributed by atoms with Crippen molar-refractivity contribution < 1.29 is 14.2 Å². The van der Waals surface area contributed by atoms with E-state index in [1.54, 1.807) is 0 Å². The molecule has 4 nitrogen and oxygen atoms in total. The molecule has 106 valence electrons. The van der Waals surface area contributed by atoms with Gasteiger partial charge in [0.05, 0.1) is 6.61 Å². The summed E-state index contributed by atoms with van der Waals surface area (Å²) in [5, 5.41) is 3.15. The molecule has 0 fully saturated rings. The zero-order valence-electron chi connectivity index (χ0n) is 12.0. The third-order valence-electron chi connectivity index (χ3n) is 3.11. The van der Waals surface area contributed by atoms with Crippen molar-refractivity contribution in [1.29, 1.82) is 0 Å². The van der Waals surface area contributed by atoms with Crippen molar-refractivity contribution in [2.24, 2.45) is 5.92 Å². The Morgan fingerprint density at radius 1 is 1.26 bits per heavy atom. The lowest BCUT2D eigenvalue weighted by atomic mass is 10.1. The van der Waals surface area contributed by atoms with E-state index in [2.05, 4.69) is 19.2 Å². The highest BCUT2D eigenvalue weighted by Gasteiger charge is 2.17. The lowest BCUT2D eigenvalue weighted by Gasteiger charge is -2.13. The van der Waals surface area contributed by atoms with Crippen molar-refractivity contribution in [3.05, 3.63) is 17.7 Å². The molecule has 0 unspecified atom stereocenters. The van der Waals surface area contributed by atoms with Gasteiger partial charge in [-0.05, 0) is 31.9 Å². The van der Waals surface area contributed by atoms with E-state index < -0.39 is 0 Å². The number of fused-ring (bicyclic) bond motifs is 1. The van der Waals surface area contributed by atoms with Crippen molar-refractivity contribution in [3.8, 4) is 17.2 Å². The van der Waals surface area contributed by atoms with E-state index in [0.29, 0.717) is 6.79 Å². The fourth-order valence-electron chi connectivity index (χ4n) is 2.10. The maximum absolute atomic E-state index is 5.89. The van der Waals surface area contributed by atoms with Gasteiger partial charge in [-0.25, -0.2) is 0 Å². The zero-order valence-corrected chi connectivity index (χ0v) is 12.0. The van der Waals surface area contributed by atoms with Gasteiger partial charge < -0.3 is 19.5 Å². The second kappa shape index (κ2) is 6.66. The molecule has 1 aromatic rings. The Morgan fingerprint density at radius 3 is 2.68 bits per heavy atom. The monoisotopic (exact) mass is 265 g/mol. The Hall–Kier alpha value is -1.42. The van der Waals surface area contributed by atoms with E-state index in [1.165, 1.54) is 6.42 Å². The van der Waals surface area contributed by atoms with Crippen molar-refractivity contribution in [3.63, 3.8) is 0 Å². The number of ether oxygens (including phenoxy) is 3. The predicted molar refractivity (Wildman–Crippen MR) is 74.9 cm³/mol. The molecule has 1 aromatic carbocycles. The van der Waals surface area contributed by atoms with E-state index in [4.69, 9.17) is 14.2 Å². The fourth-order valence-corrected chi connectivity index (χ4v) is 2.10. The van der Waals surface area contributed by atoms with Crippen molar-refractivity contribution in [1.82, 2.24) is 5.32 Å². The number of rotatable bonds is 7. The van der Waals surface area contributed by atoms with Crippen LogP contribution in [-0.4, -0.2) is 20.4 Å². The van der Waals surface area contributed by atoms with E-state index in [9.17, 15) is 0 Å². The summed E-state index contributed by atoms with van der Waals surface area (Å²) in [6.07, 6.45) is 2.26. The molecule has 4 heteroatoms. The van der Waals surface area contributed by atoms with Crippen LogP contribution in [-0.2, 0) is 6.54 Å². The van der Waals surface area contributed by atoms with Crippen LogP contribution in [0.1, 0.15) is 32.3 Å². The van der Waals surface area contributed by atoms with Gasteiger partial charge in [-0.2, -0.15) is 0 Å². The topological polar surface area (TPSA) is 39.7 Å². The number of hydrogen-bond donors (Lipinski definition) is 1. The molecule has 0 saturated heterocycles. The van der Waals surface area contributed by atoms with E-state index >= 15 is 0 Å². The molecule has 19 heavy (non-hydrogen) atoms. The summed E-state index contributed by atoms with van der Waals surface area (Å²) >= 11 is 0. The Balaban J connectivity index is 2.01. The van der Waals surface area contributed by atoms with E-state index in [0.717, 1.165) is 48.3 Å². The Labute approximate surface area is 115 Å². The summed E-state index contributed by atoms with van der Waals surface area (Å²) in [7, 11) is 1.92. The van der Waals surface area contributed by atoms with Gasteiger partial charge in [0.2, 0.25) is 6.79 Å². The second-order valence-electron chi connectivity index (χ2n) is 5.23. The van der Waals surface area contributed by atoms with Gasteiger partial charge in [-0.1, -0.05) is 13.8 Å². The molecule has 0 saturated carbocycles. The highest BCUT2D eigenvalue weighted by atomic mass is 16.7. The predicted octanol–water partition coefficient (Wildman–Crippen LogP) is 2.95. The van der Waals surface area contributed by atoms with Crippen LogP contribution in [0.25, 0.3) is 0 Å². The molecule has 0 aromatic heterocycles. The molecule has 1 heterocycles. The zero-order chi connectivity index (χ0) is 13.7. The van der Waals surface area contributed by atoms with Gasteiger partial charge in [0.1, 0.15) is 5.75 Å². The Kier molecular flexibility index (Phi) is 4.91. The molecule has 1 N–H and O–H groups in total. The normalized spacial score (nSPS) is 13.1. The molecule has 0 amide bonds. The van der Waals surface area contributed by atoms with Crippen LogP contribution in [0, 0.1) is 5.92 Å². The average Bonchev–Trinajstić information content (AvgIpc) is 2.81. The van der Waals surface area contributed by atoms with E-state index in [-0.39, 0.29) is 0 Å². The summed E-state index contributed by atoms with van der Waals surface area (Å²) in [4.78, 5) is 0. The maximum Gasteiger partial charge on any atom is 0.231 e. The molecular formula is C15H23NO3. The summed E-state index contributed by atoms with van der Waals surface area (Å²) < 4.78 is 16.7. The molecule has 0 radical (unpaired) electrons. The van der Waals surface area contributed by atoms with Gasteiger partial charge in [0.25, 0.3) is 0 Å². The summed E-state index contributed by atoms with van der Waals surface area (Å²) in [5.74, 6) is 3.19. The molecular weight excluding hydrogens is 242 g/mol. The SMILES string of the molecule is CNCc1cc2c(cc1OCCCC(C)C)OCO2. The largest absolute Gasteiger partial charge is 0.493 e. The molecule has 1 aliphatic rings. The Bertz CT molecular complexity index is 418. The summed E-state index contributed by atoms with van der Waals surface area (Å²) in [6, 6.07) is 3.93. The molecule has 0 spiro atoms. The molecule has 0 atom stereocenters. The lowest BCUT2D eigenvalue weighted by molar-refractivity contribution is 0.173. The smallest absolute Gasteiger partial charge is 0.231 e. The lowest BCUT2D eigenvalue weighted by Crippen LogP contribution is -2.08.